The first-order valence-corrected chi connectivity index (χ1v) is 6.87. The van der Waals surface area contributed by atoms with Crippen LogP contribution in [0.1, 0.15) is 6.92 Å². The van der Waals surface area contributed by atoms with Gasteiger partial charge in [0.1, 0.15) is 0 Å². The Morgan fingerprint density at radius 2 is 1.82 bits per heavy atom. The van der Waals surface area contributed by atoms with Crippen LogP contribution in [0.2, 0.25) is 0 Å². The van der Waals surface area contributed by atoms with Crippen molar-refractivity contribution in [3.8, 4) is 0 Å². The Labute approximate surface area is 85.6 Å². The van der Waals surface area contributed by atoms with Gasteiger partial charge < -0.3 is 4.90 Å². The van der Waals surface area contributed by atoms with Gasteiger partial charge in [-0.25, -0.2) is 2.88 Å². The fourth-order valence-electron chi connectivity index (χ4n) is 0.990. The van der Waals surface area contributed by atoms with Crippen LogP contribution in [-0.2, 0) is 0 Å². The average molecular weight is 288 g/mol. The summed E-state index contributed by atoms with van der Waals surface area (Å²) in [6.07, 6.45) is 0. The number of halogens is 1. The molecule has 0 bridgehead atoms. The quantitative estimate of drug-likeness (QED) is 0.445. The van der Waals surface area contributed by atoms with E-state index in [-0.39, 0.29) is 8.07 Å². The van der Waals surface area contributed by atoms with E-state index in [1.807, 2.05) is 0 Å². The van der Waals surface area contributed by atoms with E-state index >= 15 is 0 Å². The van der Waals surface area contributed by atoms with Crippen molar-refractivity contribution in [3.63, 3.8) is 0 Å². The molecule has 0 aromatic rings. The first-order chi connectivity index (χ1) is 4.95. The molecule has 0 heterocycles. The number of nitrogens with zero attached hydrogens (tertiary/aromatic N) is 2. The highest BCUT2D eigenvalue weighted by atomic mass is 127. The molecule has 2 nitrogen and oxygen atoms in total. The zero-order valence-electron chi connectivity index (χ0n) is 8.00. The van der Waals surface area contributed by atoms with Crippen LogP contribution in [0.4, 0.5) is 0 Å². The molecule has 0 aliphatic rings. The van der Waals surface area contributed by atoms with Gasteiger partial charge in [0.25, 0.3) is 0 Å². The number of hydrogen-bond donors (Lipinski definition) is 0. The highest BCUT2D eigenvalue weighted by Crippen LogP contribution is 2.37. The molecule has 0 saturated heterocycles. The highest BCUT2D eigenvalue weighted by Gasteiger charge is 2.13. The maximum Gasteiger partial charge on any atom is 0.0333 e. The predicted molar refractivity (Wildman–Crippen MR) is 62.6 cm³/mol. The number of hydrogen-bond acceptors (Lipinski definition) is 2. The first kappa shape index (κ1) is 12.1. The Morgan fingerprint density at radius 1 is 1.36 bits per heavy atom. The lowest BCUT2D eigenvalue weighted by atomic mass is 10.3. The van der Waals surface area contributed by atoms with Crippen molar-refractivity contribution >= 4 is 30.9 Å². The van der Waals surface area contributed by atoms with Crippen molar-refractivity contribution in [1.82, 2.24) is 7.78 Å². The number of rotatable bonds is 4. The molecular formula is C7H18IN2P. The van der Waals surface area contributed by atoms with Crippen LogP contribution >= 0.6 is 30.9 Å². The largest absolute Gasteiger partial charge is 0.308 e. The van der Waals surface area contributed by atoms with Gasteiger partial charge in [-0.05, 0) is 42.4 Å². The number of likely N-dealkylation sites (N-methyl/N-ethyl adjacent to an activating group) is 1. The normalized spacial score (nSPS) is 15.0. The molecular weight excluding hydrogens is 270 g/mol. The van der Waals surface area contributed by atoms with E-state index in [2.05, 4.69) is 65.0 Å². The molecule has 1 atom stereocenters. The van der Waals surface area contributed by atoms with E-state index in [4.69, 9.17) is 0 Å². The van der Waals surface area contributed by atoms with Crippen LogP contribution < -0.4 is 0 Å². The second-order valence-corrected chi connectivity index (χ2v) is 7.18. The minimum Gasteiger partial charge on any atom is -0.308 e. The fourth-order valence-corrected chi connectivity index (χ4v) is 2.03. The van der Waals surface area contributed by atoms with E-state index < -0.39 is 0 Å². The molecule has 0 N–H and O–H groups in total. The zero-order chi connectivity index (χ0) is 9.02. The average Bonchev–Trinajstić information content (AvgIpc) is 1.84. The van der Waals surface area contributed by atoms with Gasteiger partial charge in [-0.15, -0.1) is 0 Å². The van der Waals surface area contributed by atoms with E-state index in [1.165, 1.54) is 0 Å². The Kier molecular flexibility index (Phi) is 6.24. The van der Waals surface area contributed by atoms with Crippen LogP contribution in [-0.4, -0.2) is 47.8 Å². The topological polar surface area (TPSA) is 6.48 Å². The third-order valence-electron chi connectivity index (χ3n) is 1.38. The van der Waals surface area contributed by atoms with Crippen molar-refractivity contribution in [2.45, 2.75) is 13.0 Å². The standard InChI is InChI=1S/C7H18IN2P/c1-7(6-9(2)3)10(8)11(4)5/h7H,6H2,1-5H3. The van der Waals surface area contributed by atoms with Crippen LogP contribution in [0, 0.1) is 0 Å². The molecule has 0 amide bonds. The Morgan fingerprint density at radius 3 is 2.09 bits per heavy atom. The Bertz CT molecular complexity index is 109. The monoisotopic (exact) mass is 288 g/mol. The summed E-state index contributed by atoms with van der Waals surface area (Å²) >= 11 is 2.43. The van der Waals surface area contributed by atoms with Crippen LogP contribution in [0.3, 0.4) is 0 Å². The van der Waals surface area contributed by atoms with Gasteiger partial charge in [-0.1, -0.05) is 0 Å². The summed E-state index contributed by atoms with van der Waals surface area (Å²) in [4.78, 5) is 2.23. The Balaban J connectivity index is 3.73. The maximum atomic E-state index is 2.43. The second-order valence-electron chi connectivity index (χ2n) is 3.25. The summed E-state index contributed by atoms with van der Waals surface area (Å²) < 4.78 is 2.42. The third-order valence-corrected chi connectivity index (χ3v) is 6.07. The molecule has 0 saturated carbocycles. The molecule has 0 rings (SSSR count). The minimum absolute atomic E-state index is 0.0616. The van der Waals surface area contributed by atoms with Crippen LogP contribution in [0.25, 0.3) is 0 Å². The molecule has 0 spiro atoms. The lowest BCUT2D eigenvalue weighted by molar-refractivity contribution is 0.348. The molecule has 0 aliphatic heterocycles. The molecule has 0 fully saturated rings. The fraction of sp³-hybridized carbons (Fsp3) is 1.00. The summed E-state index contributed by atoms with van der Waals surface area (Å²) in [6, 6.07) is 0.659. The highest BCUT2D eigenvalue weighted by molar-refractivity contribution is 14.1. The van der Waals surface area contributed by atoms with Gasteiger partial charge in [-0.3, -0.25) is 0 Å². The maximum absolute atomic E-state index is 2.43. The van der Waals surface area contributed by atoms with Gasteiger partial charge in [0.2, 0.25) is 0 Å². The summed E-state index contributed by atoms with van der Waals surface area (Å²) in [5.41, 5.74) is 0. The van der Waals surface area contributed by atoms with E-state index in [0.29, 0.717) is 6.04 Å². The SMILES string of the molecule is CC(CN(C)C)N(I)P(C)C. The smallest absolute Gasteiger partial charge is 0.0333 e. The van der Waals surface area contributed by atoms with Crippen LogP contribution in [0.15, 0.2) is 0 Å². The van der Waals surface area contributed by atoms with Crippen LogP contribution in [0.5, 0.6) is 0 Å². The molecule has 0 radical (unpaired) electrons. The van der Waals surface area contributed by atoms with E-state index in [9.17, 15) is 0 Å². The Hall–Kier alpha value is 1.08. The molecule has 0 aliphatic carbocycles. The molecule has 4 heteroatoms. The van der Waals surface area contributed by atoms with Crippen molar-refractivity contribution in [1.29, 1.82) is 0 Å². The summed E-state index contributed by atoms with van der Waals surface area (Å²) in [5, 5.41) is 0. The van der Waals surface area contributed by atoms with E-state index in [0.717, 1.165) is 6.54 Å². The van der Waals surface area contributed by atoms with Crippen molar-refractivity contribution in [2.75, 3.05) is 34.0 Å². The first-order valence-electron chi connectivity index (χ1n) is 3.72. The van der Waals surface area contributed by atoms with Gasteiger partial charge in [0.15, 0.2) is 0 Å². The molecule has 0 aromatic heterocycles. The summed E-state index contributed by atoms with van der Waals surface area (Å²) in [5.74, 6) is 0. The second kappa shape index (κ2) is 5.68. The van der Waals surface area contributed by atoms with E-state index in [1.54, 1.807) is 0 Å². The van der Waals surface area contributed by atoms with Gasteiger partial charge in [0.05, 0.1) is 0 Å². The molecule has 11 heavy (non-hydrogen) atoms. The lowest BCUT2D eigenvalue weighted by Gasteiger charge is -2.28. The van der Waals surface area contributed by atoms with Crippen molar-refractivity contribution < 1.29 is 0 Å². The molecule has 0 aromatic carbocycles. The zero-order valence-corrected chi connectivity index (χ0v) is 11.1. The summed E-state index contributed by atoms with van der Waals surface area (Å²) in [7, 11) is 4.30. The van der Waals surface area contributed by atoms with Crippen molar-refractivity contribution in [3.05, 3.63) is 0 Å². The predicted octanol–water partition coefficient (Wildman–Crippen LogP) is 2.25. The van der Waals surface area contributed by atoms with Gasteiger partial charge in [0, 0.05) is 35.5 Å². The van der Waals surface area contributed by atoms with Crippen molar-refractivity contribution in [2.24, 2.45) is 0 Å². The molecule has 68 valence electrons. The lowest BCUT2D eigenvalue weighted by Crippen LogP contribution is -2.31. The van der Waals surface area contributed by atoms with Gasteiger partial charge in [-0.2, -0.15) is 0 Å². The minimum atomic E-state index is 0.0616. The summed E-state index contributed by atoms with van der Waals surface area (Å²) in [6.45, 7) is 7.99. The molecule has 1 unspecified atom stereocenters. The third kappa shape index (κ3) is 5.34. The van der Waals surface area contributed by atoms with Gasteiger partial charge >= 0.3 is 0 Å².